The summed E-state index contributed by atoms with van der Waals surface area (Å²) in [5.74, 6) is -0.529. The number of halogens is 1. The first-order valence-corrected chi connectivity index (χ1v) is 7.37. The average molecular weight is 303 g/mol. The molecule has 22 heavy (non-hydrogen) atoms. The zero-order chi connectivity index (χ0) is 15.4. The molecule has 0 aliphatic carbocycles. The number of benzene rings is 1. The smallest absolute Gasteiger partial charge is 0.273 e. The molecule has 1 atom stereocenters. The number of amides is 1. The van der Waals surface area contributed by atoms with Crippen LogP contribution in [0.1, 0.15) is 28.9 Å². The Kier molecular flexibility index (Phi) is 4.43. The maximum absolute atomic E-state index is 13.1. The molecule has 116 valence electrons. The van der Waals surface area contributed by atoms with Crippen molar-refractivity contribution in [2.75, 3.05) is 13.1 Å². The number of carbonyl (C=O) groups excluding carboxylic acids is 1. The molecule has 1 amide bonds. The van der Waals surface area contributed by atoms with Crippen LogP contribution in [0.15, 0.2) is 30.5 Å². The predicted octanol–water partition coefficient (Wildman–Crippen LogP) is 0.947. The molecule has 2 aromatic rings. The van der Waals surface area contributed by atoms with E-state index in [-0.39, 0.29) is 17.4 Å². The van der Waals surface area contributed by atoms with Crippen LogP contribution >= 0.6 is 0 Å². The van der Waals surface area contributed by atoms with Gasteiger partial charge in [-0.25, -0.2) is 9.07 Å². The summed E-state index contributed by atoms with van der Waals surface area (Å²) in [5.41, 5.74) is 1.04. The molecule has 0 bridgehead atoms. The summed E-state index contributed by atoms with van der Waals surface area (Å²) in [6.45, 7) is 1.97. The van der Waals surface area contributed by atoms with Crippen LogP contribution in [0.3, 0.4) is 0 Å². The number of nitrogens with one attached hydrogen (secondary N) is 2. The van der Waals surface area contributed by atoms with Crippen LogP contribution in [0, 0.1) is 5.82 Å². The van der Waals surface area contributed by atoms with E-state index in [4.69, 9.17) is 0 Å². The molecule has 7 heteroatoms. The van der Waals surface area contributed by atoms with Gasteiger partial charge in [-0.2, -0.15) is 0 Å². The quantitative estimate of drug-likeness (QED) is 0.862. The fourth-order valence-electron chi connectivity index (χ4n) is 2.54. The van der Waals surface area contributed by atoms with E-state index in [0.29, 0.717) is 19.1 Å². The van der Waals surface area contributed by atoms with Gasteiger partial charge in [-0.1, -0.05) is 17.3 Å². The largest absolute Gasteiger partial charge is 0.349 e. The summed E-state index contributed by atoms with van der Waals surface area (Å²) >= 11 is 0. The van der Waals surface area contributed by atoms with Gasteiger partial charge < -0.3 is 10.6 Å². The topological polar surface area (TPSA) is 71.8 Å². The van der Waals surface area contributed by atoms with Crippen LogP contribution in [0.4, 0.5) is 4.39 Å². The lowest BCUT2D eigenvalue weighted by molar-refractivity contribution is 0.0945. The highest BCUT2D eigenvalue weighted by molar-refractivity contribution is 5.91. The molecule has 1 aliphatic heterocycles. The average Bonchev–Trinajstić information content (AvgIpc) is 3.16. The standard InChI is InChI=1S/C15H18FN5O/c16-12-4-1-3-11(7-12)9-21-10-14(19-20-21)15(22)18-8-13-5-2-6-17-13/h1,3-4,7,10,13,17H,2,5-6,8-9H2,(H,18,22). The van der Waals surface area contributed by atoms with Crippen molar-refractivity contribution >= 4 is 5.91 Å². The second-order valence-corrected chi connectivity index (χ2v) is 5.43. The minimum Gasteiger partial charge on any atom is -0.349 e. The number of hydrogen-bond acceptors (Lipinski definition) is 4. The van der Waals surface area contributed by atoms with E-state index >= 15 is 0 Å². The van der Waals surface area contributed by atoms with Crippen molar-refractivity contribution in [3.63, 3.8) is 0 Å². The Balaban J connectivity index is 1.57. The molecule has 0 spiro atoms. The van der Waals surface area contributed by atoms with Gasteiger partial charge in [0.15, 0.2) is 5.69 Å². The highest BCUT2D eigenvalue weighted by Gasteiger charge is 2.16. The van der Waals surface area contributed by atoms with Crippen molar-refractivity contribution < 1.29 is 9.18 Å². The van der Waals surface area contributed by atoms with Crippen molar-refractivity contribution in [1.29, 1.82) is 0 Å². The van der Waals surface area contributed by atoms with Gasteiger partial charge in [-0.05, 0) is 37.1 Å². The summed E-state index contributed by atoms with van der Waals surface area (Å²) < 4.78 is 14.7. The minimum absolute atomic E-state index is 0.237. The van der Waals surface area contributed by atoms with Gasteiger partial charge >= 0.3 is 0 Å². The van der Waals surface area contributed by atoms with Gasteiger partial charge in [0, 0.05) is 12.6 Å². The Hall–Kier alpha value is -2.28. The van der Waals surface area contributed by atoms with Crippen molar-refractivity contribution in [3.8, 4) is 0 Å². The summed E-state index contributed by atoms with van der Waals surface area (Å²) in [6.07, 6.45) is 3.79. The Labute approximate surface area is 127 Å². The zero-order valence-corrected chi connectivity index (χ0v) is 12.1. The highest BCUT2D eigenvalue weighted by atomic mass is 19.1. The highest BCUT2D eigenvalue weighted by Crippen LogP contribution is 2.06. The molecule has 2 heterocycles. The van der Waals surface area contributed by atoms with Crippen molar-refractivity contribution in [3.05, 3.63) is 47.5 Å². The van der Waals surface area contributed by atoms with Gasteiger partial charge in [-0.3, -0.25) is 4.79 Å². The molecule has 2 N–H and O–H groups in total. The lowest BCUT2D eigenvalue weighted by Gasteiger charge is -2.09. The van der Waals surface area contributed by atoms with E-state index in [1.807, 2.05) is 0 Å². The number of aromatic nitrogens is 3. The van der Waals surface area contributed by atoms with Crippen LogP contribution < -0.4 is 10.6 Å². The molecule has 1 aromatic heterocycles. The second-order valence-electron chi connectivity index (χ2n) is 5.43. The molecule has 6 nitrogen and oxygen atoms in total. The number of nitrogens with zero attached hydrogens (tertiary/aromatic N) is 3. The minimum atomic E-state index is -0.292. The molecule has 3 rings (SSSR count). The van der Waals surface area contributed by atoms with Crippen LogP contribution in [-0.2, 0) is 6.54 Å². The molecular formula is C15H18FN5O. The Morgan fingerprint density at radius 3 is 3.18 bits per heavy atom. The number of rotatable bonds is 5. The third-order valence-electron chi connectivity index (χ3n) is 3.68. The summed E-state index contributed by atoms with van der Waals surface area (Å²) in [6, 6.07) is 6.61. The molecule has 1 fully saturated rings. The normalized spacial score (nSPS) is 17.6. The van der Waals surface area contributed by atoms with E-state index in [2.05, 4.69) is 20.9 Å². The van der Waals surface area contributed by atoms with Gasteiger partial charge in [0.05, 0.1) is 12.7 Å². The summed E-state index contributed by atoms with van der Waals surface area (Å²) in [7, 11) is 0. The Morgan fingerprint density at radius 2 is 2.41 bits per heavy atom. The van der Waals surface area contributed by atoms with Crippen LogP contribution in [0.2, 0.25) is 0 Å². The molecular weight excluding hydrogens is 285 g/mol. The Morgan fingerprint density at radius 1 is 1.50 bits per heavy atom. The van der Waals surface area contributed by atoms with E-state index in [1.165, 1.54) is 16.8 Å². The third kappa shape index (κ3) is 3.67. The third-order valence-corrected chi connectivity index (χ3v) is 3.68. The summed E-state index contributed by atoms with van der Waals surface area (Å²) in [5, 5.41) is 13.9. The fraction of sp³-hybridized carbons (Fsp3) is 0.400. The monoisotopic (exact) mass is 303 g/mol. The first kappa shape index (κ1) is 14.6. The van der Waals surface area contributed by atoms with Gasteiger partial charge in [0.25, 0.3) is 5.91 Å². The van der Waals surface area contributed by atoms with Crippen molar-refractivity contribution in [1.82, 2.24) is 25.6 Å². The van der Waals surface area contributed by atoms with Gasteiger partial charge in [0.2, 0.25) is 0 Å². The molecule has 0 saturated carbocycles. The predicted molar refractivity (Wildman–Crippen MR) is 78.9 cm³/mol. The molecule has 1 aliphatic rings. The van der Waals surface area contributed by atoms with E-state index in [1.54, 1.807) is 18.3 Å². The summed E-state index contributed by atoms with van der Waals surface area (Å²) in [4.78, 5) is 12.0. The number of carbonyl (C=O) groups is 1. The van der Waals surface area contributed by atoms with E-state index < -0.39 is 0 Å². The molecule has 0 radical (unpaired) electrons. The first-order valence-electron chi connectivity index (χ1n) is 7.37. The van der Waals surface area contributed by atoms with Crippen molar-refractivity contribution in [2.45, 2.75) is 25.4 Å². The maximum atomic E-state index is 13.1. The molecule has 1 saturated heterocycles. The van der Waals surface area contributed by atoms with Crippen molar-refractivity contribution in [2.24, 2.45) is 0 Å². The lowest BCUT2D eigenvalue weighted by Crippen LogP contribution is -2.37. The molecule has 1 unspecified atom stereocenters. The van der Waals surface area contributed by atoms with E-state index in [9.17, 15) is 9.18 Å². The maximum Gasteiger partial charge on any atom is 0.273 e. The van der Waals surface area contributed by atoms with E-state index in [0.717, 1.165) is 24.9 Å². The second kappa shape index (κ2) is 6.65. The first-order chi connectivity index (χ1) is 10.7. The molecule has 1 aromatic carbocycles. The van der Waals surface area contributed by atoms with Crippen LogP contribution in [-0.4, -0.2) is 40.0 Å². The van der Waals surface area contributed by atoms with Gasteiger partial charge in [0.1, 0.15) is 5.82 Å². The number of hydrogen-bond donors (Lipinski definition) is 2. The van der Waals surface area contributed by atoms with Crippen LogP contribution in [0.25, 0.3) is 0 Å². The van der Waals surface area contributed by atoms with Gasteiger partial charge in [-0.15, -0.1) is 5.10 Å². The fourth-order valence-corrected chi connectivity index (χ4v) is 2.54. The zero-order valence-electron chi connectivity index (χ0n) is 12.1. The SMILES string of the molecule is O=C(NCC1CCCN1)c1cn(Cc2cccc(F)c2)nn1. The Bertz CT molecular complexity index is 651. The lowest BCUT2D eigenvalue weighted by atomic mass is 10.2. The van der Waals surface area contributed by atoms with Crippen LogP contribution in [0.5, 0.6) is 0 Å².